The maximum absolute atomic E-state index is 12.2. The average molecular weight is 326 g/mol. The van der Waals surface area contributed by atoms with E-state index in [-0.39, 0.29) is 22.4 Å². The molecule has 0 radical (unpaired) electrons. The zero-order valence-electron chi connectivity index (χ0n) is 11.3. The molecule has 8 heteroatoms. The normalized spacial score (nSPS) is 12.0. The quantitative estimate of drug-likeness (QED) is 0.529. The van der Waals surface area contributed by atoms with Crippen molar-refractivity contribution in [3.05, 3.63) is 55.0 Å². The minimum absolute atomic E-state index is 0.00834. The van der Waals surface area contributed by atoms with Crippen LogP contribution in [-0.4, -0.2) is 15.8 Å². The summed E-state index contributed by atoms with van der Waals surface area (Å²) in [4.78, 5) is 28.1. The van der Waals surface area contributed by atoms with Crippen LogP contribution < -0.4 is 5.32 Å². The number of aromatic nitrogens is 1. The molecule has 0 aliphatic carbocycles. The number of nitrogens with zero attached hydrogens (tertiary/aromatic N) is 2. The lowest BCUT2D eigenvalue weighted by Gasteiger charge is -2.12. The van der Waals surface area contributed by atoms with Crippen molar-refractivity contribution >= 4 is 34.5 Å². The van der Waals surface area contributed by atoms with Gasteiger partial charge in [-0.1, -0.05) is 11.6 Å². The van der Waals surface area contributed by atoms with Gasteiger partial charge in [0.05, 0.1) is 16.5 Å². The summed E-state index contributed by atoms with van der Waals surface area (Å²) in [5.74, 6) is -0.491. The summed E-state index contributed by atoms with van der Waals surface area (Å²) >= 11 is 7.41. The number of rotatable bonds is 4. The van der Waals surface area contributed by atoms with Crippen LogP contribution in [0.5, 0.6) is 0 Å². The number of carbonyl (C=O) groups excluding carboxylic acids is 1. The lowest BCUT2D eigenvalue weighted by atomic mass is 10.2. The van der Waals surface area contributed by atoms with Crippen LogP contribution in [0.15, 0.2) is 24.4 Å². The monoisotopic (exact) mass is 325 g/mol. The van der Waals surface area contributed by atoms with E-state index in [1.807, 2.05) is 26.0 Å². The van der Waals surface area contributed by atoms with Crippen LogP contribution in [0.25, 0.3) is 0 Å². The summed E-state index contributed by atoms with van der Waals surface area (Å²) in [6.45, 7) is 3.81. The molecule has 1 amide bonds. The number of amides is 1. The number of aryl methyl sites for hydroxylation is 1. The highest BCUT2D eigenvalue weighted by molar-refractivity contribution is 7.12. The molecule has 2 rings (SSSR count). The Hall–Kier alpha value is -1.99. The van der Waals surface area contributed by atoms with Gasteiger partial charge in [0.1, 0.15) is 11.3 Å². The number of pyridine rings is 1. The van der Waals surface area contributed by atoms with Crippen molar-refractivity contribution < 1.29 is 9.72 Å². The van der Waals surface area contributed by atoms with Crippen LogP contribution in [-0.2, 0) is 0 Å². The maximum Gasteiger partial charge on any atom is 0.288 e. The molecule has 110 valence electrons. The Morgan fingerprint density at radius 3 is 2.81 bits per heavy atom. The summed E-state index contributed by atoms with van der Waals surface area (Å²) < 4.78 is 0. The molecule has 0 aromatic carbocycles. The van der Waals surface area contributed by atoms with Gasteiger partial charge in [0.15, 0.2) is 0 Å². The van der Waals surface area contributed by atoms with E-state index in [9.17, 15) is 14.9 Å². The first-order valence-electron chi connectivity index (χ1n) is 6.05. The van der Waals surface area contributed by atoms with E-state index in [0.29, 0.717) is 0 Å². The Labute approximate surface area is 129 Å². The molecule has 0 fully saturated rings. The van der Waals surface area contributed by atoms with Crippen LogP contribution in [0.4, 0.5) is 5.69 Å². The molecule has 21 heavy (non-hydrogen) atoms. The molecule has 0 saturated carbocycles. The highest BCUT2D eigenvalue weighted by Gasteiger charge is 2.19. The highest BCUT2D eigenvalue weighted by atomic mass is 35.5. The Morgan fingerprint density at radius 2 is 2.24 bits per heavy atom. The summed E-state index contributed by atoms with van der Waals surface area (Å²) in [5.41, 5.74) is -0.282. The summed E-state index contributed by atoms with van der Waals surface area (Å²) in [5, 5.41) is 13.4. The van der Waals surface area contributed by atoms with Gasteiger partial charge in [0, 0.05) is 15.8 Å². The van der Waals surface area contributed by atoms with Crippen LogP contribution >= 0.6 is 22.9 Å². The number of hydrogen-bond donors (Lipinski definition) is 1. The molecule has 0 aliphatic heterocycles. The molecule has 1 unspecified atom stereocenters. The molecular weight excluding hydrogens is 314 g/mol. The Kier molecular flexibility index (Phi) is 4.54. The topological polar surface area (TPSA) is 85.1 Å². The van der Waals surface area contributed by atoms with Crippen LogP contribution in [0.2, 0.25) is 5.15 Å². The minimum Gasteiger partial charge on any atom is -0.345 e. The van der Waals surface area contributed by atoms with E-state index in [1.165, 1.54) is 0 Å². The van der Waals surface area contributed by atoms with Gasteiger partial charge in [0.25, 0.3) is 11.6 Å². The van der Waals surface area contributed by atoms with Gasteiger partial charge in [-0.2, -0.15) is 0 Å². The molecule has 0 bridgehead atoms. The van der Waals surface area contributed by atoms with Crippen molar-refractivity contribution in [2.45, 2.75) is 19.9 Å². The average Bonchev–Trinajstić information content (AvgIpc) is 2.85. The summed E-state index contributed by atoms with van der Waals surface area (Å²) in [6.07, 6.45) is 1.02. The lowest BCUT2D eigenvalue weighted by molar-refractivity contribution is -0.385. The molecule has 0 spiro atoms. The van der Waals surface area contributed by atoms with E-state index >= 15 is 0 Å². The van der Waals surface area contributed by atoms with Gasteiger partial charge < -0.3 is 5.32 Å². The van der Waals surface area contributed by atoms with Crippen LogP contribution in [0.3, 0.4) is 0 Å². The SMILES string of the molecule is Cc1ccc(C(C)NC(=O)c2cc([N+](=O)[O-])cnc2Cl)s1. The number of nitro groups is 1. The maximum atomic E-state index is 12.2. The number of nitrogens with one attached hydrogen (secondary N) is 1. The van der Waals surface area contributed by atoms with E-state index < -0.39 is 10.8 Å². The van der Waals surface area contributed by atoms with E-state index in [0.717, 1.165) is 22.0 Å². The Balaban J connectivity index is 2.20. The Morgan fingerprint density at radius 1 is 1.52 bits per heavy atom. The molecule has 2 heterocycles. The Bertz CT molecular complexity index is 702. The fourth-order valence-electron chi connectivity index (χ4n) is 1.73. The third kappa shape index (κ3) is 3.56. The van der Waals surface area contributed by atoms with E-state index in [4.69, 9.17) is 11.6 Å². The van der Waals surface area contributed by atoms with E-state index in [1.54, 1.807) is 11.3 Å². The fourth-order valence-corrected chi connectivity index (χ4v) is 2.80. The molecule has 2 aromatic rings. The molecule has 2 aromatic heterocycles. The number of hydrogen-bond acceptors (Lipinski definition) is 5. The third-order valence-corrected chi connectivity index (χ3v) is 4.30. The molecular formula is C13H12ClN3O3S. The van der Waals surface area contributed by atoms with Crippen molar-refractivity contribution in [2.75, 3.05) is 0 Å². The van der Waals surface area contributed by atoms with Gasteiger partial charge in [-0.3, -0.25) is 14.9 Å². The van der Waals surface area contributed by atoms with Gasteiger partial charge in [-0.25, -0.2) is 4.98 Å². The second-order valence-corrected chi connectivity index (χ2v) is 6.11. The van der Waals surface area contributed by atoms with Crippen LogP contribution in [0, 0.1) is 17.0 Å². The highest BCUT2D eigenvalue weighted by Crippen LogP contribution is 2.24. The van der Waals surface area contributed by atoms with Crippen molar-refractivity contribution in [2.24, 2.45) is 0 Å². The zero-order valence-corrected chi connectivity index (χ0v) is 12.9. The van der Waals surface area contributed by atoms with E-state index in [2.05, 4.69) is 10.3 Å². The third-order valence-electron chi connectivity index (χ3n) is 2.82. The summed E-state index contributed by atoms with van der Waals surface area (Å²) in [6, 6.07) is 4.80. The second kappa shape index (κ2) is 6.19. The smallest absolute Gasteiger partial charge is 0.288 e. The number of thiophene rings is 1. The first kappa shape index (κ1) is 15.4. The number of carbonyl (C=O) groups is 1. The lowest BCUT2D eigenvalue weighted by Crippen LogP contribution is -2.26. The van der Waals surface area contributed by atoms with Gasteiger partial charge in [-0.05, 0) is 26.0 Å². The largest absolute Gasteiger partial charge is 0.345 e. The standard InChI is InChI=1S/C13H12ClN3O3S/c1-7-3-4-11(21-7)8(2)16-13(18)10-5-9(17(19)20)6-15-12(10)14/h3-6,8H,1-2H3,(H,16,18). The van der Waals surface area contributed by atoms with Gasteiger partial charge in [0.2, 0.25) is 0 Å². The fraction of sp³-hybridized carbons (Fsp3) is 0.231. The first-order valence-corrected chi connectivity index (χ1v) is 7.25. The van der Waals surface area contributed by atoms with Crippen molar-refractivity contribution in [3.8, 4) is 0 Å². The van der Waals surface area contributed by atoms with Crippen molar-refractivity contribution in [1.29, 1.82) is 0 Å². The van der Waals surface area contributed by atoms with Crippen molar-refractivity contribution in [3.63, 3.8) is 0 Å². The molecule has 0 aliphatic rings. The predicted molar refractivity (Wildman–Crippen MR) is 80.8 cm³/mol. The van der Waals surface area contributed by atoms with Crippen LogP contribution in [0.1, 0.15) is 33.1 Å². The molecule has 1 atom stereocenters. The minimum atomic E-state index is -0.619. The predicted octanol–water partition coefficient (Wildman–Crippen LogP) is 3.50. The zero-order chi connectivity index (χ0) is 15.6. The molecule has 6 nitrogen and oxygen atoms in total. The molecule has 1 N–H and O–H groups in total. The van der Waals surface area contributed by atoms with Gasteiger partial charge >= 0.3 is 0 Å². The first-order chi connectivity index (χ1) is 9.88. The molecule has 0 saturated heterocycles. The summed E-state index contributed by atoms with van der Waals surface area (Å²) in [7, 11) is 0. The van der Waals surface area contributed by atoms with Gasteiger partial charge in [-0.15, -0.1) is 11.3 Å². The second-order valence-electron chi connectivity index (χ2n) is 4.43. The van der Waals surface area contributed by atoms with Crippen molar-refractivity contribution in [1.82, 2.24) is 10.3 Å². The number of halogens is 1.